The number of likely N-dealkylation sites (tertiary alicyclic amines) is 1. The third kappa shape index (κ3) is 5.14. The molecule has 4 heteroatoms. The third-order valence-corrected chi connectivity index (χ3v) is 3.06. The Hall–Kier alpha value is 0.160. The Kier molecular flexibility index (Phi) is 6.51. The van der Waals surface area contributed by atoms with E-state index in [4.69, 9.17) is 0 Å². The van der Waals surface area contributed by atoms with E-state index in [9.17, 15) is 4.79 Å². The zero-order chi connectivity index (χ0) is 10.2. The number of halogens is 1. The highest BCUT2D eigenvalue weighted by Gasteiger charge is 2.09. The zero-order valence-corrected chi connectivity index (χ0v) is 10.8. The zero-order valence-electron chi connectivity index (χ0n) is 8.60. The fourth-order valence-corrected chi connectivity index (χ4v) is 2.20. The number of hydrogen-bond donors (Lipinski definition) is 1. The summed E-state index contributed by atoms with van der Waals surface area (Å²) in [5.74, 6) is 0.191. The molecule has 1 N–H and O–H groups in total. The minimum Gasteiger partial charge on any atom is -0.355 e. The van der Waals surface area contributed by atoms with Crippen molar-refractivity contribution in [3.05, 3.63) is 0 Å². The second kappa shape index (κ2) is 7.45. The lowest BCUT2D eigenvalue weighted by molar-refractivity contribution is -0.120. The Morgan fingerprint density at radius 2 is 2.00 bits per heavy atom. The first kappa shape index (κ1) is 12.2. The van der Waals surface area contributed by atoms with Gasteiger partial charge in [0.05, 0.1) is 0 Å². The standard InChI is InChI=1S/C10H19IN2O/c11-5-4-10(14)12-6-9-13-7-2-1-3-8-13/h1-9H2,(H,12,14). The van der Waals surface area contributed by atoms with E-state index in [-0.39, 0.29) is 5.91 Å². The molecular weight excluding hydrogens is 291 g/mol. The van der Waals surface area contributed by atoms with Gasteiger partial charge in [0, 0.05) is 23.9 Å². The van der Waals surface area contributed by atoms with Gasteiger partial charge in [-0.25, -0.2) is 0 Å². The minimum absolute atomic E-state index is 0.191. The Bertz CT molecular complexity index is 170. The van der Waals surface area contributed by atoms with Crippen LogP contribution >= 0.6 is 22.6 Å². The summed E-state index contributed by atoms with van der Waals surface area (Å²) in [5, 5.41) is 2.95. The van der Waals surface area contributed by atoms with Gasteiger partial charge in [0.25, 0.3) is 0 Å². The molecule has 1 fully saturated rings. The highest BCUT2D eigenvalue weighted by Crippen LogP contribution is 2.07. The molecule has 0 spiro atoms. The molecule has 1 aliphatic rings. The fourth-order valence-electron chi connectivity index (χ4n) is 1.71. The molecule has 0 aromatic carbocycles. The van der Waals surface area contributed by atoms with Crippen LogP contribution in [0.3, 0.4) is 0 Å². The van der Waals surface area contributed by atoms with Crippen LogP contribution in [-0.4, -0.2) is 41.4 Å². The van der Waals surface area contributed by atoms with Gasteiger partial charge >= 0.3 is 0 Å². The quantitative estimate of drug-likeness (QED) is 0.615. The average molecular weight is 310 g/mol. The highest BCUT2D eigenvalue weighted by molar-refractivity contribution is 14.1. The topological polar surface area (TPSA) is 32.3 Å². The lowest BCUT2D eigenvalue weighted by atomic mass is 10.1. The largest absolute Gasteiger partial charge is 0.355 e. The maximum Gasteiger partial charge on any atom is 0.220 e. The van der Waals surface area contributed by atoms with E-state index in [1.54, 1.807) is 0 Å². The van der Waals surface area contributed by atoms with Crippen LogP contribution in [0.2, 0.25) is 0 Å². The molecule has 0 aromatic rings. The molecular formula is C10H19IN2O. The van der Waals surface area contributed by atoms with Gasteiger partial charge in [0.1, 0.15) is 0 Å². The molecule has 1 amide bonds. The SMILES string of the molecule is O=C(CCI)NCCN1CCCCC1. The molecule has 3 nitrogen and oxygen atoms in total. The normalized spacial score (nSPS) is 18.1. The van der Waals surface area contributed by atoms with Gasteiger partial charge in [-0.3, -0.25) is 4.79 Å². The van der Waals surface area contributed by atoms with Crippen LogP contribution in [0.1, 0.15) is 25.7 Å². The molecule has 0 radical (unpaired) electrons. The van der Waals surface area contributed by atoms with Crippen molar-refractivity contribution in [1.29, 1.82) is 0 Å². The molecule has 14 heavy (non-hydrogen) atoms. The van der Waals surface area contributed by atoms with Gasteiger partial charge < -0.3 is 10.2 Å². The number of carbonyl (C=O) groups is 1. The second-order valence-electron chi connectivity index (χ2n) is 3.69. The van der Waals surface area contributed by atoms with Crippen molar-refractivity contribution in [3.8, 4) is 0 Å². The number of nitrogens with zero attached hydrogens (tertiary/aromatic N) is 1. The first-order valence-electron chi connectivity index (χ1n) is 5.38. The smallest absolute Gasteiger partial charge is 0.220 e. The van der Waals surface area contributed by atoms with Gasteiger partial charge in [-0.2, -0.15) is 0 Å². The molecule has 0 bridgehead atoms. The molecule has 0 atom stereocenters. The first-order valence-corrected chi connectivity index (χ1v) is 6.90. The number of amides is 1. The molecule has 0 aromatic heterocycles. The number of nitrogens with one attached hydrogen (secondary N) is 1. The predicted molar refractivity (Wildman–Crippen MR) is 66.8 cm³/mol. The molecule has 1 saturated heterocycles. The van der Waals surface area contributed by atoms with E-state index in [1.807, 2.05) is 0 Å². The van der Waals surface area contributed by atoms with E-state index < -0.39 is 0 Å². The van der Waals surface area contributed by atoms with Crippen LogP contribution < -0.4 is 5.32 Å². The maximum absolute atomic E-state index is 11.2. The van der Waals surface area contributed by atoms with Gasteiger partial charge in [0.15, 0.2) is 0 Å². The van der Waals surface area contributed by atoms with Crippen molar-refractivity contribution in [2.75, 3.05) is 30.6 Å². The summed E-state index contributed by atoms with van der Waals surface area (Å²) in [6, 6.07) is 0. The number of alkyl halides is 1. The van der Waals surface area contributed by atoms with E-state index in [1.165, 1.54) is 32.4 Å². The van der Waals surface area contributed by atoms with Gasteiger partial charge in [0.2, 0.25) is 5.91 Å². The van der Waals surface area contributed by atoms with Crippen molar-refractivity contribution in [3.63, 3.8) is 0 Å². The van der Waals surface area contributed by atoms with Crippen LogP contribution in [0.25, 0.3) is 0 Å². The summed E-state index contributed by atoms with van der Waals surface area (Å²) in [7, 11) is 0. The number of piperidine rings is 1. The van der Waals surface area contributed by atoms with Crippen molar-refractivity contribution < 1.29 is 4.79 Å². The average Bonchev–Trinajstić information content (AvgIpc) is 2.20. The lowest BCUT2D eigenvalue weighted by Gasteiger charge is -2.26. The summed E-state index contributed by atoms with van der Waals surface area (Å²) < 4.78 is 0.910. The molecule has 0 aliphatic carbocycles. The van der Waals surface area contributed by atoms with E-state index in [0.29, 0.717) is 6.42 Å². The molecule has 82 valence electrons. The Balaban J connectivity index is 1.99. The van der Waals surface area contributed by atoms with Gasteiger partial charge in [-0.05, 0) is 25.9 Å². The molecule has 1 rings (SSSR count). The minimum atomic E-state index is 0.191. The van der Waals surface area contributed by atoms with Crippen molar-refractivity contribution in [1.82, 2.24) is 10.2 Å². The highest BCUT2D eigenvalue weighted by atomic mass is 127. The Morgan fingerprint density at radius 1 is 1.29 bits per heavy atom. The third-order valence-electron chi connectivity index (χ3n) is 2.52. The number of rotatable bonds is 5. The van der Waals surface area contributed by atoms with Crippen LogP contribution in [0.4, 0.5) is 0 Å². The van der Waals surface area contributed by atoms with Crippen molar-refractivity contribution in [2.24, 2.45) is 0 Å². The van der Waals surface area contributed by atoms with Gasteiger partial charge in [-0.15, -0.1) is 0 Å². The lowest BCUT2D eigenvalue weighted by Crippen LogP contribution is -2.37. The van der Waals surface area contributed by atoms with Crippen LogP contribution in [-0.2, 0) is 4.79 Å². The summed E-state index contributed by atoms with van der Waals surface area (Å²) in [6.07, 6.45) is 4.67. The summed E-state index contributed by atoms with van der Waals surface area (Å²) in [5.41, 5.74) is 0. The number of hydrogen-bond acceptors (Lipinski definition) is 2. The van der Waals surface area contributed by atoms with Crippen LogP contribution in [0.5, 0.6) is 0 Å². The van der Waals surface area contributed by atoms with Gasteiger partial charge in [-0.1, -0.05) is 29.0 Å². The van der Waals surface area contributed by atoms with E-state index in [0.717, 1.165) is 17.5 Å². The Morgan fingerprint density at radius 3 is 2.64 bits per heavy atom. The molecule has 1 aliphatic heterocycles. The molecule has 0 unspecified atom stereocenters. The number of carbonyl (C=O) groups excluding carboxylic acids is 1. The van der Waals surface area contributed by atoms with Crippen molar-refractivity contribution >= 4 is 28.5 Å². The summed E-state index contributed by atoms with van der Waals surface area (Å²) >= 11 is 2.23. The fraction of sp³-hybridized carbons (Fsp3) is 0.900. The predicted octanol–water partition coefficient (Wildman–Crippen LogP) is 1.41. The molecule has 1 heterocycles. The second-order valence-corrected chi connectivity index (χ2v) is 4.77. The van der Waals surface area contributed by atoms with E-state index in [2.05, 4.69) is 32.8 Å². The van der Waals surface area contributed by atoms with Crippen molar-refractivity contribution in [2.45, 2.75) is 25.7 Å². The summed E-state index contributed by atoms with van der Waals surface area (Å²) in [6.45, 7) is 4.26. The summed E-state index contributed by atoms with van der Waals surface area (Å²) in [4.78, 5) is 13.6. The first-order chi connectivity index (χ1) is 6.83. The monoisotopic (exact) mass is 310 g/mol. The van der Waals surface area contributed by atoms with E-state index >= 15 is 0 Å². The van der Waals surface area contributed by atoms with Crippen LogP contribution in [0, 0.1) is 0 Å². The van der Waals surface area contributed by atoms with Crippen LogP contribution in [0.15, 0.2) is 0 Å². The molecule has 0 saturated carbocycles. The Labute approximate surface area is 99.8 Å². The maximum atomic E-state index is 11.2.